The maximum absolute atomic E-state index is 12.0. The van der Waals surface area contributed by atoms with Crippen LogP contribution in [0, 0.1) is 11.8 Å². The number of rotatable bonds is 5. The molecule has 20 heavy (non-hydrogen) atoms. The first-order valence-electron chi connectivity index (χ1n) is 7.16. The Hall–Kier alpha value is -1.14. The van der Waals surface area contributed by atoms with E-state index in [9.17, 15) is 13.2 Å². The van der Waals surface area contributed by atoms with Crippen LogP contribution in [0.3, 0.4) is 0 Å². The van der Waals surface area contributed by atoms with E-state index in [1.54, 1.807) is 0 Å². The first kappa shape index (κ1) is 15.3. The molecule has 1 aromatic heterocycles. The fourth-order valence-corrected chi connectivity index (χ4v) is 4.01. The minimum absolute atomic E-state index is 0.211. The second kappa shape index (κ2) is 6.54. The van der Waals surface area contributed by atoms with Gasteiger partial charge in [-0.05, 0) is 24.7 Å². The minimum Gasteiger partial charge on any atom is -0.366 e. The summed E-state index contributed by atoms with van der Waals surface area (Å²) >= 11 is 0. The molecule has 2 N–H and O–H groups in total. The molecule has 0 saturated heterocycles. The molecule has 2 rings (SSSR count). The van der Waals surface area contributed by atoms with Crippen LogP contribution < -0.4 is 10.2 Å². The zero-order chi connectivity index (χ0) is 14.6. The molecule has 1 fully saturated rings. The number of aromatic nitrogens is 1. The fourth-order valence-electron chi connectivity index (χ4n) is 2.91. The number of aromatic amines is 1. The maximum Gasteiger partial charge on any atom is 0.245 e. The van der Waals surface area contributed by atoms with Crippen LogP contribution in [0.5, 0.6) is 0 Å². The van der Waals surface area contributed by atoms with Crippen molar-refractivity contribution >= 4 is 10.0 Å². The zero-order valence-corrected chi connectivity index (χ0v) is 12.6. The molecule has 0 aliphatic heterocycles. The van der Waals surface area contributed by atoms with Crippen LogP contribution in [0.15, 0.2) is 28.2 Å². The maximum atomic E-state index is 12.0. The molecule has 1 aromatic rings. The van der Waals surface area contributed by atoms with E-state index in [0.717, 1.165) is 12.3 Å². The van der Waals surface area contributed by atoms with Gasteiger partial charge in [0.15, 0.2) is 0 Å². The number of sulfonamides is 1. The van der Waals surface area contributed by atoms with E-state index in [-0.39, 0.29) is 4.90 Å². The SMILES string of the molecule is CC1CCCC(CCNS(=O)(=O)c2c[nH]ccc2=O)C1. The summed E-state index contributed by atoms with van der Waals surface area (Å²) in [5, 5.41) is 0. The average Bonchev–Trinajstić information content (AvgIpc) is 2.39. The second-order valence-electron chi connectivity index (χ2n) is 5.70. The van der Waals surface area contributed by atoms with E-state index in [4.69, 9.17) is 0 Å². The van der Waals surface area contributed by atoms with Crippen molar-refractivity contribution in [2.24, 2.45) is 11.8 Å². The molecule has 1 aliphatic rings. The molecule has 0 spiro atoms. The van der Waals surface area contributed by atoms with Gasteiger partial charge < -0.3 is 4.98 Å². The first-order valence-corrected chi connectivity index (χ1v) is 8.64. The number of hydrogen-bond acceptors (Lipinski definition) is 3. The first-order chi connectivity index (χ1) is 9.49. The van der Waals surface area contributed by atoms with Gasteiger partial charge in [0.2, 0.25) is 15.5 Å². The number of pyridine rings is 1. The summed E-state index contributed by atoms with van der Waals surface area (Å²) in [6, 6.07) is 1.22. The monoisotopic (exact) mass is 298 g/mol. The zero-order valence-electron chi connectivity index (χ0n) is 11.8. The highest BCUT2D eigenvalue weighted by Crippen LogP contribution is 2.30. The van der Waals surface area contributed by atoms with Crippen LogP contribution >= 0.6 is 0 Å². The van der Waals surface area contributed by atoms with Crippen molar-refractivity contribution in [1.29, 1.82) is 0 Å². The Morgan fingerprint density at radius 1 is 1.40 bits per heavy atom. The Labute approximate surface area is 119 Å². The van der Waals surface area contributed by atoms with Crippen LogP contribution in [0.1, 0.15) is 39.0 Å². The van der Waals surface area contributed by atoms with Gasteiger partial charge in [-0.15, -0.1) is 0 Å². The van der Waals surface area contributed by atoms with E-state index < -0.39 is 15.5 Å². The molecule has 0 radical (unpaired) electrons. The lowest BCUT2D eigenvalue weighted by atomic mass is 9.81. The smallest absolute Gasteiger partial charge is 0.245 e. The summed E-state index contributed by atoms with van der Waals surface area (Å²) in [6.45, 7) is 2.65. The van der Waals surface area contributed by atoms with Gasteiger partial charge in [0, 0.05) is 25.0 Å². The number of hydrogen-bond donors (Lipinski definition) is 2. The van der Waals surface area contributed by atoms with Crippen molar-refractivity contribution in [1.82, 2.24) is 9.71 Å². The van der Waals surface area contributed by atoms with Crippen LogP contribution in [0.4, 0.5) is 0 Å². The van der Waals surface area contributed by atoms with Crippen molar-refractivity contribution < 1.29 is 8.42 Å². The molecule has 1 saturated carbocycles. The van der Waals surface area contributed by atoms with Gasteiger partial charge in [-0.25, -0.2) is 13.1 Å². The molecular formula is C14H22N2O3S. The largest absolute Gasteiger partial charge is 0.366 e. The third-order valence-corrected chi connectivity index (χ3v) is 5.45. The quantitative estimate of drug-likeness (QED) is 0.871. The summed E-state index contributed by atoms with van der Waals surface area (Å²) in [5.41, 5.74) is -0.484. The minimum atomic E-state index is -3.70. The van der Waals surface area contributed by atoms with Crippen molar-refractivity contribution in [3.8, 4) is 0 Å². The number of nitrogens with one attached hydrogen (secondary N) is 2. The molecule has 5 nitrogen and oxygen atoms in total. The molecule has 1 heterocycles. The van der Waals surface area contributed by atoms with Crippen LogP contribution in [-0.2, 0) is 10.0 Å². The molecule has 0 amide bonds. The lowest BCUT2D eigenvalue weighted by Crippen LogP contribution is -2.30. The highest BCUT2D eigenvalue weighted by atomic mass is 32.2. The summed E-state index contributed by atoms with van der Waals surface area (Å²) in [5.74, 6) is 1.33. The summed E-state index contributed by atoms with van der Waals surface area (Å²) in [7, 11) is -3.70. The Morgan fingerprint density at radius 2 is 2.20 bits per heavy atom. The van der Waals surface area contributed by atoms with E-state index in [1.807, 2.05) is 0 Å². The van der Waals surface area contributed by atoms with Crippen LogP contribution in [-0.4, -0.2) is 19.9 Å². The van der Waals surface area contributed by atoms with E-state index in [0.29, 0.717) is 12.5 Å². The van der Waals surface area contributed by atoms with Gasteiger partial charge in [-0.1, -0.05) is 26.2 Å². The summed E-state index contributed by atoms with van der Waals surface area (Å²) < 4.78 is 26.6. The Morgan fingerprint density at radius 3 is 2.90 bits per heavy atom. The summed E-state index contributed by atoms with van der Waals surface area (Å²) in [4.78, 5) is 14.0. The lowest BCUT2D eigenvalue weighted by molar-refractivity contribution is 0.271. The molecule has 0 bridgehead atoms. The molecule has 2 atom stereocenters. The fraction of sp³-hybridized carbons (Fsp3) is 0.643. The van der Waals surface area contributed by atoms with E-state index in [2.05, 4.69) is 16.6 Å². The van der Waals surface area contributed by atoms with Gasteiger partial charge in [0.1, 0.15) is 4.90 Å². The predicted molar refractivity (Wildman–Crippen MR) is 78.0 cm³/mol. The van der Waals surface area contributed by atoms with E-state index in [1.165, 1.54) is 44.1 Å². The molecule has 6 heteroatoms. The van der Waals surface area contributed by atoms with Crippen molar-refractivity contribution in [2.75, 3.05) is 6.54 Å². The van der Waals surface area contributed by atoms with Crippen molar-refractivity contribution in [2.45, 2.75) is 43.9 Å². The molecule has 0 aromatic carbocycles. The third-order valence-electron chi connectivity index (χ3n) is 3.97. The molecular weight excluding hydrogens is 276 g/mol. The molecule has 1 aliphatic carbocycles. The Balaban J connectivity index is 1.90. The average molecular weight is 298 g/mol. The van der Waals surface area contributed by atoms with Gasteiger partial charge in [-0.3, -0.25) is 4.79 Å². The molecule has 2 unspecified atom stereocenters. The van der Waals surface area contributed by atoms with E-state index >= 15 is 0 Å². The van der Waals surface area contributed by atoms with Gasteiger partial charge in [-0.2, -0.15) is 0 Å². The normalized spacial score (nSPS) is 23.6. The van der Waals surface area contributed by atoms with Gasteiger partial charge >= 0.3 is 0 Å². The topological polar surface area (TPSA) is 79.0 Å². The Bertz CT molecular complexity index is 594. The predicted octanol–water partition coefficient (Wildman–Crippen LogP) is 1.87. The highest BCUT2D eigenvalue weighted by molar-refractivity contribution is 7.89. The van der Waals surface area contributed by atoms with Gasteiger partial charge in [0.05, 0.1) is 0 Å². The standard InChI is InChI=1S/C14H22N2O3S/c1-11-3-2-4-12(9-11)5-8-16-20(18,19)14-10-15-7-6-13(14)17/h6-7,10-12,16H,2-5,8-9H2,1H3,(H,15,17). The highest BCUT2D eigenvalue weighted by Gasteiger charge is 2.21. The summed E-state index contributed by atoms with van der Waals surface area (Å²) in [6.07, 6.45) is 8.36. The Kier molecular flexibility index (Phi) is 4.99. The second-order valence-corrected chi connectivity index (χ2v) is 7.43. The lowest BCUT2D eigenvalue weighted by Gasteiger charge is -2.26. The van der Waals surface area contributed by atoms with Crippen LogP contribution in [0.25, 0.3) is 0 Å². The third kappa shape index (κ3) is 3.93. The number of H-pyrrole nitrogens is 1. The van der Waals surface area contributed by atoms with Gasteiger partial charge in [0.25, 0.3) is 0 Å². The van der Waals surface area contributed by atoms with Crippen molar-refractivity contribution in [3.63, 3.8) is 0 Å². The van der Waals surface area contributed by atoms with Crippen molar-refractivity contribution in [3.05, 3.63) is 28.7 Å². The van der Waals surface area contributed by atoms with Crippen LogP contribution in [0.2, 0.25) is 0 Å². The molecule has 112 valence electrons.